The highest BCUT2D eigenvalue weighted by Crippen LogP contribution is 2.21. The van der Waals surface area contributed by atoms with Gasteiger partial charge >= 0.3 is 0 Å². The van der Waals surface area contributed by atoms with E-state index in [9.17, 15) is 14.3 Å². The molecule has 2 heterocycles. The van der Waals surface area contributed by atoms with Crippen LogP contribution in [0.3, 0.4) is 0 Å². The standard InChI is InChI=1S/C18H22FN3O2/c1-12-8-13(2)22(20-12)17-6-5-15(9-16(17)19)18(24)21-7-3-4-14(10-21)11-23/h5-6,8-9,14,23H,3-4,7,10-11H2,1-2H3. The van der Waals surface area contributed by atoms with Crippen molar-refractivity contribution in [2.24, 2.45) is 5.92 Å². The third kappa shape index (κ3) is 3.19. The Balaban J connectivity index is 1.84. The minimum Gasteiger partial charge on any atom is -0.396 e. The lowest BCUT2D eigenvalue weighted by molar-refractivity contribution is 0.0620. The van der Waals surface area contributed by atoms with Crippen molar-refractivity contribution < 1.29 is 14.3 Å². The van der Waals surface area contributed by atoms with E-state index in [1.807, 2.05) is 19.9 Å². The second kappa shape index (κ2) is 6.73. The molecule has 1 aliphatic heterocycles. The summed E-state index contributed by atoms with van der Waals surface area (Å²) in [5.41, 5.74) is 2.32. The smallest absolute Gasteiger partial charge is 0.253 e. The zero-order chi connectivity index (χ0) is 17.3. The lowest BCUT2D eigenvalue weighted by Gasteiger charge is -2.32. The summed E-state index contributed by atoms with van der Waals surface area (Å²) in [6.45, 7) is 4.97. The summed E-state index contributed by atoms with van der Waals surface area (Å²) in [6, 6.07) is 6.38. The number of amides is 1. The lowest BCUT2D eigenvalue weighted by atomic mass is 9.98. The highest BCUT2D eigenvalue weighted by Gasteiger charge is 2.24. The number of carbonyl (C=O) groups is 1. The number of hydrogen-bond donors (Lipinski definition) is 1. The number of piperidine rings is 1. The Labute approximate surface area is 140 Å². The largest absolute Gasteiger partial charge is 0.396 e. The highest BCUT2D eigenvalue weighted by molar-refractivity contribution is 5.94. The lowest BCUT2D eigenvalue weighted by Crippen LogP contribution is -2.41. The van der Waals surface area contributed by atoms with Gasteiger partial charge in [0.1, 0.15) is 11.5 Å². The number of hydrogen-bond acceptors (Lipinski definition) is 3. The maximum absolute atomic E-state index is 14.5. The van der Waals surface area contributed by atoms with E-state index < -0.39 is 5.82 Å². The van der Waals surface area contributed by atoms with Gasteiger partial charge in [0.15, 0.2) is 0 Å². The molecule has 1 amide bonds. The van der Waals surface area contributed by atoms with Crippen molar-refractivity contribution >= 4 is 5.91 Å². The number of halogens is 1. The Bertz CT molecular complexity index is 757. The van der Waals surface area contributed by atoms with E-state index >= 15 is 0 Å². The molecule has 24 heavy (non-hydrogen) atoms. The van der Waals surface area contributed by atoms with Gasteiger partial charge in [-0.2, -0.15) is 5.10 Å². The Morgan fingerprint density at radius 1 is 1.38 bits per heavy atom. The van der Waals surface area contributed by atoms with E-state index in [1.54, 1.807) is 21.7 Å². The van der Waals surface area contributed by atoms with Crippen LogP contribution < -0.4 is 0 Å². The van der Waals surface area contributed by atoms with Crippen molar-refractivity contribution in [2.75, 3.05) is 19.7 Å². The van der Waals surface area contributed by atoms with Gasteiger partial charge in [0.05, 0.1) is 5.69 Å². The third-order valence-corrected chi connectivity index (χ3v) is 4.50. The molecule has 0 spiro atoms. The average molecular weight is 331 g/mol. The van der Waals surface area contributed by atoms with Crippen LogP contribution in [0.2, 0.25) is 0 Å². The Hall–Kier alpha value is -2.21. The molecule has 1 N–H and O–H groups in total. The van der Waals surface area contributed by atoms with Gasteiger partial charge in [0.25, 0.3) is 5.91 Å². The Morgan fingerprint density at radius 2 is 2.17 bits per heavy atom. The van der Waals surface area contributed by atoms with Crippen molar-refractivity contribution in [2.45, 2.75) is 26.7 Å². The molecule has 0 aliphatic carbocycles. The van der Waals surface area contributed by atoms with Crippen LogP contribution in [-0.4, -0.2) is 45.4 Å². The number of aliphatic hydroxyl groups excluding tert-OH is 1. The first-order chi connectivity index (χ1) is 11.5. The average Bonchev–Trinajstić information content (AvgIpc) is 2.92. The molecule has 5 nitrogen and oxygen atoms in total. The van der Waals surface area contributed by atoms with Crippen molar-refractivity contribution in [3.05, 3.63) is 47.0 Å². The fourth-order valence-corrected chi connectivity index (χ4v) is 3.27. The number of aromatic nitrogens is 2. The van der Waals surface area contributed by atoms with Gasteiger partial charge in [-0.05, 0) is 56.9 Å². The van der Waals surface area contributed by atoms with E-state index in [2.05, 4.69) is 5.10 Å². The van der Waals surface area contributed by atoms with Crippen LogP contribution in [0, 0.1) is 25.6 Å². The molecule has 128 valence electrons. The molecule has 1 aliphatic rings. The number of aryl methyl sites for hydroxylation is 2. The summed E-state index contributed by atoms with van der Waals surface area (Å²) in [5.74, 6) is -0.545. The van der Waals surface area contributed by atoms with Crippen LogP contribution in [0.25, 0.3) is 5.69 Å². The van der Waals surface area contributed by atoms with Crippen LogP contribution in [0.5, 0.6) is 0 Å². The monoisotopic (exact) mass is 331 g/mol. The quantitative estimate of drug-likeness (QED) is 0.940. The number of carbonyl (C=O) groups excluding carboxylic acids is 1. The molecule has 1 unspecified atom stereocenters. The fourth-order valence-electron chi connectivity index (χ4n) is 3.27. The predicted molar refractivity (Wildman–Crippen MR) is 88.7 cm³/mol. The van der Waals surface area contributed by atoms with Gasteiger partial charge in [0.2, 0.25) is 0 Å². The second-order valence-corrected chi connectivity index (χ2v) is 6.45. The molecule has 0 radical (unpaired) electrons. The molecule has 0 bridgehead atoms. The van der Waals surface area contributed by atoms with Gasteiger partial charge in [0, 0.05) is 31.0 Å². The van der Waals surface area contributed by atoms with Gasteiger partial charge in [-0.15, -0.1) is 0 Å². The zero-order valence-corrected chi connectivity index (χ0v) is 14.0. The highest BCUT2D eigenvalue weighted by atomic mass is 19.1. The first-order valence-corrected chi connectivity index (χ1v) is 8.23. The van der Waals surface area contributed by atoms with Gasteiger partial charge in [-0.25, -0.2) is 9.07 Å². The minimum absolute atomic E-state index is 0.0784. The van der Waals surface area contributed by atoms with Crippen molar-refractivity contribution in [3.63, 3.8) is 0 Å². The number of benzene rings is 1. The second-order valence-electron chi connectivity index (χ2n) is 6.45. The molecule has 3 rings (SSSR count). The van der Waals surface area contributed by atoms with Gasteiger partial charge < -0.3 is 10.0 Å². The number of rotatable bonds is 3. The molecule has 0 saturated carbocycles. The molecule has 1 aromatic heterocycles. The van der Waals surface area contributed by atoms with Crippen molar-refractivity contribution in [1.82, 2.24) is 14.7 Å². The van der Waals surface area contributed by atoms with Crippen molar-refractivity contribution in [3.8, 4) is 5.69 Å². The Kier molecular flexibility index (Phi) is 4.66. The van der Waals surface area contributed by atoms with Crippen molar-refractivity contribution in [1.29, 1.82) is 0 Å². The fraction of sp³-hybridized carbons (Fsp3) is 0.444. The van der Waals surface area contributed by atoms with Gasteiger partial charge in [-0.1, -0.05) is 0 Å². The zero-order valence-electron chi connectivity index (χ0n) is 14.0. The van der Waals surface area contributed by atoms with E-state index in [0.29, 0.717) is 24.3 Å². The number of aliphatic hydroxyl groups is 1. The predicted octanol–water partition coefficient (Wildman–Crippen LogP) is 2.47. The first-order valence-electron chi connectivity index (χ1n) is 8.23. The maximum Gasteiger partial charge on any atom is 0.253 e. The topological polar surface area (TPSA) is 58.4 Å². The van der Waals surface area contributed by atoms with E-state index in [4.69, 9.17) is 0 Å². The number of likely N-dealkylation sites (tertiary alicyclic amines) is 1. The molecular formula is C18H22FN3O2. The summed E-state index contributed by atoms with van der Waals surface area (Å²) in [6.07, 6.45) is 1.79. The summed E-state index contributed by atoms with van der Waals surface area (Å²) >= 11 is 0. The van der Waals surface area contributed by atoms with Crippen LogP contribution in [0.4, 0.5) is 4.39 Å². The first kappa shape index (κ1) is 16.6. The van der Waals surface area contributed by atoms with E-state index in [0.717, 1.165) is 24.2 Å². The minimum atomic E-state index is -0.470. The SMILES string of the molecule is Cc1cc(C)n(-c2ccc(C(=O)N3CCCC(CO)C3)cc2F)n1. The van der Waals surface area contributed by atoms with Gasteiger partial charge in [-0.3, -0.25) is 4.79 Å². The van der Waals surface area contributed by atoms with Crippen LogP contribution in [0.15, 0.2) is 24.3 Å². The van der Waals surface area contributed by atoms with Crippen LogP contribution in [0.1, 0.15) is 34.6 Å². The Morgan fingerprint density at radius 3 is 2.79 bits per heavy atom. The molecule has 1 atom stereocenters. The molecular weight excluding hydrogens is 309 g/mol. The molecule has 1 fully saturated rings. The summed E-state index contributed by atoms with van der Waals surface area (Å²) in [7, 11) is 0. The molecule has 1 saturated heterocycles. The van der Waals surface area contributed by atoms with E-state index in [-0.39, 0.29) is 18.4 Å². The molecule has 6 heteroatoms. The van der Waals surface area contributed by atoms with Crippen LogP contribution in [-0.2, 0) is 0 Å². The van der Waals surface area contributed by atoms with E-state index in [1.165, 1.54) is 6.07 Å². The summed E-state index contributed by atoms with van der Waals surface area (Å²) in [4.78, 5) is 14.3. The number of nitrogens with zero attached hydrogens (tertiary/aromatic N) is 3. The summed E-state index contributed by atoms with van der Waals surface area (Å²) in [5, 5.41) is 13.6. The maximum atomic E-state index is 14.5. The normalized spacial score (nSPS) is 18.0. The molecule has 2 aromatic rings. The van der Waals surface area contributed by atoms with Crippen LogP contribution >= 0.6 is 0 Å². The molecule has 1 aromatic carbocycles. The third-order valence-electron chi connectivity index (χ3n) is 4.50. The summed E-state index contributed by atoms with van der Waals surface area (Å²) < 4.78 is 16.1.